The summed E-state index contributed by atoms with van der Waals surface area (Å²) in [6.45, 7) is 2.22. The van der Waals surface area contributed by atoms with Crippen molar-refractivity contribution in [2.75, 3.05) is 30.8 Å². The molecule has 28 heavy (non-hydrogen) atoms. The van der Waals surface area contributed by atoms with Gasteiger partial charge >= 0.3 is 6.03 Å². The molecule has 3 N–H and O–H groups in total. The first-order valence-corrected chi connectivity index (χ1v) is 10.1. The van der Waals surface area contributed by atoms with E-state index in [2.05, 4.69) is 33.8 Å². The molecule has 0 unspecified atom stereocenters. The van der Waals surface area contributed by atoms with Gasteiger partial charge in [0.25, 0.3) is 0 Å². The number of fused-ring (bicyclic) bond motifs is 1. The molecule has 4 rings (SSSR count). The van der Waals surface area contributed by atoms with Crippen LogP contribution < -0.4 is 10.6 Å². The Bertz CT molecular complexity index is 1010. The summed E-state index contributed by atoms with van der Waals surface area (Å²) in [5.74, 6) is 0.541. The molecular formula is C21H22Cl2N4O. The van der Waals surface area contributed by atoms with Gasteiger partial charge in [0.15, 0.2) is 0 Å². The summed E-state index contributed by atoms with van der Waals surface area (Å²) in [4.78, 5) is 18.1. The topological polar surface area (TPSA) is 60.2 Å². The van der Waals surface area contributed by atoms with E-state index in [0.717, 1.165) is 42.5 Å². The number of likely N-dealkylation sites (tertiary alicyclic amines) is 1. The van der Waals surface area contributed by atoms with Gasteiger partial charge in [-0.3, -0.25) is 0 Å². The molecule has 5 nitrogen and oxygen atoms in total. The van der Waals surface area contributed by atoms with E-state index in [1.165, 1.54) is 5.56 Å². The number of urea groups is 1. The maximum absolute atomic E-state index is 12.4. The first kappa shape index (κ1) is 19.1. The summed E-state index contributed by atoms with van der Waals surface area (Å²) in [5.41, 5.74) is 3.61. The van der Waals surface area contributed by atoms with Crippen molar-refractivity contribution in [3.05, 3.63) is 58.2 Å². The zero-order chi connectivity index (χ0) is 19.7. The molecule has 2 amide bonds. The van der Waals surface area contributed by atoms with Crippen LogP contribution in [-0.2, 0) is 0 Å². The van der Waals surface area contributed by atoms with Crippen molar-refractivity contribution in [2.24, 2.45) is 0 Å². The molecule has 0 spiro atoms. The third kappa shape index (κ3) is 3.97. The second-order valence-electron chi connectivity index (χ2n) is 7.26. The van der Waals surface area contributed by atoms with Crippen LogP contribution in [0.25, 0.3) is 10.9 Å². The van der Waals surface area contributed by atoms with E-state index >= 15 is 0 Å². The van der Waals surface area contributed by atoms with Crippen LogP contribution in [-0.4, -0.2) is 36.1 Å². The summed E-state index contributed by atoms with van der Waals surface area (Å²) < 4.78 is 0. The van der Waals surface area contributed by atoms with E-state index in [0.29, 0.717) is 21.7 Å². The molecule has 0 aliphatic carbocycles. The highest BCUT2D eigenvalue weighted by molar-refractivity contribution is 6.44. The van der Waals surface area contributed by atoms with E-state index in [1.807, 2.05) is 18.2 Å². The van der Waals surface area contributed by atoms with Crippen molar-refractivity contribution in [3.8, 4) is 0 Å². The molecule has 2 heterocycles. The lowest BCUT2D eigenvalue weighted by Crippen LogP contribution is -2.29. The first-order valence-electron chi connectivity index (χ1n) is 9.33. The summed E-state index contributed by atoms with van der Waals surface area (Å²) >= 11 is 12.1. The number of piperidine rings is 1. The molecule has 1 saturated heterocycles. The maximum Gasteiger partial charge on any atom is 0.323 e. The van der Waals surface area contributed by atoms with Crippen LogP contribution in [0, 0.1) is 0 Å². The molecule has 1 aliphatic heterocycles. The normalized spacial score (nSPS) is 15.7. The summed E-state index contributed by atoms with van der Waals surface area (Å²) in [5, 5.41) is 7.51. The van der Waals surface area contributed by atoms with Crippen molar-refractivity contribution in [2.45, 2.75) is 18.8 Å². The van der Waals surface area contributed by atoms with Gasteiger partial charge < -0.3 is 20.5 Å². The molecule has 0 radical (unpaired) electrons. The fraction of sp³-hybridized carbons (Fsp3) is 0.286. The van der Waals surface area contributed by atoms with Gasteiger partial charge in [-0.2, -0.15) is 0 Å². The lowest BCUT2D eigenvalue weighted by molar-refractivity contribution is 0.256. The molecule has 0 atom stereocenters. The van der Waals surface area contributed by atoms with E-state index < -0.39 is 0 Å². The van der Waals surface area contributed by atoms with Crippen LogP contribution >= 0.6 is 23.2 Å². The average Bonchev–Trinajstić information content (AvgIpc) is 3.09. The number of hydrogen-bond acceptors (Lipinski definition) is 2. The summed E-state index contributed by atoms with van der Waals surface area (Å²) in [7, 11) is 2.16. The third-order valence-corrected chi connectivity index (χ3v) is 6.15. The van der Waals surface area contributed by atoms with E-state index in [4.69, 9.17) is 23.2 Å². The summed E-state index contributed by atoms with van der Waals surface area (Å²) in [6.07, 6.45) is 4.40. The minimum atomic E-state index is -0.361. The van der Waals surface area contributed by atoms with Crippen LogP contribution in [0.2, 0.25) is 10.0 Å². The van der Waals surface area contributed by atoms with E-state index in [1.54, 1.807) is 18.2 Å². The van der Waals surface area contributed by atoms with Crippen molar-refractivity contribution in [1.29, 1.82) is 0 Å². The lowest BCUT2D eigenvalue weighted by atomic mass is 9.89. The maximum atomic E-state index is 12.4. The lowest BCUT2D eigenvalue weighted by Gasteiger charge is -2.28. The van der Waals surface area contributed by atoms with Crippen molar-refractivity contribution in [3.63, 3.8) is 0 Å². The van der Waals surface area contributed by atoms with E-state index in [-0.39, 0.29) is 6.03 Å². The van der Waals surface area contributed by atoms with Crippen molar-refractivity contribution in [1.82, 2.24) is 9.88 Å². The number of aromatic amines is 1. The molecule has 3 aromatic rings. The number of rotatable bonds is 3. The zero-order valence-corrected chi connectivity index (χ0v) is 17.1. The van der Waals surface area contributed by atoms with Crippen LogP contribution in [0.15, 0.2) is 42.6 Å². The first-order chi connectivity index (χ1) is 13.5. The second-order valence-corrected chi connectivity index (χ2v) is 8.05. The molecule has 1 aliphatic rings. The number of benzene rings is 2. The average molecular weight is 417 g/mol. The fourth-order valence-electron chi connectivity index (χ4n) is 3.76. The molecule has 1 aromatic heterocycles. The molecule has 7 heteroatoms. The quantitative estimate of drug-likeness (QED) is 0.495. The van der Waals surface area contributed by atoms with Crippen LogP contribution in [0.5, 0.6) is 0 Å². The van der Waals surface area contributed by atoms with Gasteiger partial charge in [0, 0.05) is 22.8 Å². The monoisotopic (exact) mass is 416 g/mol. The number of halogens is 2. The number of nitrogens with one attached hydrogen (secondary N) is 3. The van der Waals surface area contributed by atoms with Gasteiger partial charge in [0.05, 0.1) is 15.7 Å². The highest BCUT2D eigenvalue weighted by Crippen LogP contribution is 2.34. The Kier molecular flexibility index (Phi) is 5.49. The van der Waals surface area contributed by atoms with Crippen LogP contribution in [0.1, 0.15) is 24.3 Å². The molecule has 0 bridgehead atoms. The van der Waals surface area contributed by atoms with E-state index in [9.17, 15) is 4.79 Å². The Morgan fingerprint density at radius 3 is 2.71 bits per heavy atom. The SMILES string of the molecule is CN1CCC(c2c[nH]c3ccc(NC(=O)Nc4cccc(Cl)c4Cl)cc23)CC1. The minimum Gasteiger partial charge on any atom is -0.361 e. The zero-order valence-electron chi connectivity index (χ0n) is 15.6. The number of nitrogens with zero attached hydrogens (tertiary/aromatic N) is 1. The highest BCUT2D eigenvalue weighted by Gasteiger charge is 2.21. The number of hydrogen-bond donors (Lipinski definition) is 3. The molecule has 0 saturated carbocycles. The third-order valence-electron chi connectivity index (χ3n) is 5.33. The number of anilines is 2. The minimum absolute atomic E-state index is 0.324. The van der Waals surface area contributed by atoms with Crippen molar-refractivity contribution < 1.29 is 4.79 Å². The Balaban J connectivity index is 1.52. The predicted molar refractivity (Wildman–Crippen MR) is 117 cm³/mol. The molecule has 1 fully saturated rings. The van der Waals surface area contributed by atoms with Gasteiger partial charge in [0.1, 0.15) is 0 Å². The van der Waals surface area contributed by atoms with Gasteiger partial charge in [-0.05, 0) is 74.8 Å². The van der Waals surface area contributed by atoms with Crippen LogP contribution in [0.4, 0.5) is 16.2 Å². The number of carbonyl (C=O) groups is 1. The number of amides is 2. The second kappa shape index (κ2) is 8.03. The van der Waals surface area contributed by atoms with Crippen molar-refractivity contribution >= 4 is 51.5 Å². The van der Waals surface area contributed by atoms with Gasteiger partial charge in [-0.25, -0.2) is 4.79 Å². The smallest absolute Gasteiger partial charge is 0.323 e. The van der Waals surface area contributed by atoms with Gasteiger partial charge in [-0.1, -0.05) is 29.3 Å². The molecule has 146 valence electrons. The Morgan fingerprint density at radius 2 is 1.93 bits per heavy atom. The Hall–Kier alpha value is -2.21. The van der Waals surface area contributed by atoms with Gasteiger partial charge in [0.2, 0.25) is 0 Å². The van der Waals surface area contributed by atoms with Gasteiger partial charge in [-0.15, -0.1) is 0 Å². The fourth-order valence-corrected chi connectivity index (χ4v) is 4.11. The number of H-pyrrole nitrogens is 1. The Morgan fingerprint density at radius 1 is 1.14 bits per heavy atom. The number of carbonyl (C=O) groups excluding carboxylic acids is 1. The molecule has 2 aromatic carbocycles. The molecular weight excluding hydrogens is 395 g/mol. The number of aromatic nitrogens is 1. The Labute approximate surface area is 174 Å². The summed E-state index contributed by atoms with van der Waals surface area (Å²) in [6, 6.07) is 10.7. The van der Waals surface area contributed by atoms with Crippen LogP contribution in [0.3, 0.4) is 0 Å². The largest absolute Gasteiger partial charge is 0.361 e. The highest BCUT2D eigenvalue weighted by atomic mass is 35.5. The standard InChI is InChI=1S/C21H22Cl2N4O/c1-27-9-7-13(8-10-27)16-12-24-18-6-5-14(11-15(16)18)25-21(28)26-19-4-2-3-17(22)20(19)23/h2-6,11-13,24H,7-10H2,1H3,(H2,25,26,28). The predicted octanol–water partition coefficient (Wildman–Crippen LogP) is 5.93.